The van der Waals surface area contributed by atoms with E-state index in [0.29, 0.717) is 5.56 Å². The van der Waals surface area contributed by atoms with E-state index in [-0.39, 0.29) is 5.91 Å². The van der Waals surface area contributed by atoms with Crippen LogP contribution >= 0.6 is 15.9 Å². The summed E-state index contributed by atoms with van der Waals surface area (Å²) in [5.41, 5.74) is 6.84. The van der Waals surface area contributed by atoms with Gasteiger partial charge in [0.15, 0.2) is 0 Å². The first-order valence-corrected chi connectivity index (χ1v) is 12.2. The van der Waals surface area contributed by atoms with Crippen molar-refractivity contribution in [2.45, 2.75) is 0 Å². The van der Waals surface area contributed by atoms with Gasteiger partial charge in [-0.1, -0.05) is 88.7 Å². The second kappa shape index (κ2) is 8.90. The van der Waals surface area contributed by atoms with Gasteiger partial charge in [-0.2, -0.15) is 0 Å². The number of fused-ring (bicyclic) bond motifs is 3. The number of aromatic nitrogens is 1. The Morgan fingerprint density at radius 2 is 1.34 bits per heavy atom. The minimum absolute atomic E-state index is 0.141. The van der Waals surface area contributed by atoms with Crippen molar-refractivity contribution in [1.82, 2.24) is 4.57 Å². The average molecular weight is 517 g/mol. The minimum Gasteiger partial charge on any atom is -0.321 e. The molecular formula is C31H21BrN2O. The molecule has 0 aliphatic heterocycles. The highest BCUT2D eigenvalue weighted by Crippen LogP contribution is 2.40. The van der Waals surface area contributed by atoms with E-state index in [4.69, 9.17) is 0 Å². The maximum Gasteiger partial charge on any atom is 0.255 e. The highest BCUT2D eigenvalue weighted by Gasteiger charge is 2.18. The Morgan fingerprint density at radius 1 is 0.657 bits per heavy atom. The molecule has 168 valence electrons. The lowest BCUT2D eigenvalue weighted by Gasteiger charge is -2.13. The molecule has 0 fully saturated rings. The molecule has 3 nitrogen and oxygen atoms in total. The van der Waals surface area contributed by atoms with E-state index in [1.54, 1.807) is 0 Å². The van der Waals surface area contributed by atoms with E-state index < -0.39 is 0 Å². The first-order valence-electron chi connectivity index (χ1n) is 11.4. The smallest absolute Gasteiger partial charge is 0.255 e. The number of para-hydroxylation sites is 3. The van der Waals surface area contributed by atoms with Gasteiger partial charge in [0.2, 0.25) is 0 Å². The summed E-state index contributed by atoms with van der Waals surface area (Å²) in [7, 11) is 0. The van der Waals surface area contributed by atoms with Crippen molar-refractivity contribution in [1.29, 1.82) is 0 Å². The Bertz CT molecular complexity index is 1700. The van der Waals surface area contributed by atoms with Gasteiger partial charge in [0, 0.05) is 37.7 Å². The van der Waals surface area contributed by atoms with Crippen LogP contribution in [0.2, 0.25) is 0 Å². The van der Waals surface area contributed by atoms with Gasteiger partial charge >= 0.3 is 0 Å². The van der Waals surface area contributed by atoms with Crippen molar-refractivity contribution in [3.63, 3.8) is 0 Å². The molecule has 0 spiro atoms. The zero-order valence-electron chi connectivity index (χ0n) is 18.8. The van der Waals surface area contributed by atoms with Gasteiger partial charge in [-0.05, 0) is 54.1 Å². The zero-order valence-corrected chi connectivity index (χ0v) is 20.4. The molecule has 0 bridgehead atoms. The van der Waals surface area contributed by atoms with Crippen molar-refractivity contribution in [2.24, 2.45) is 0 Å². The van der Waals surface area contributed by atoms with E-state index in [1.807, 2.05) is 48.5 Å². The van der Waals surface area contributed by atoms with E-state index in [0.717, 1.165) is 43.4 Å². The third-order valence-electron chi connectivity index (χ3n) is 6.26. The number of carbonyl (C=O) groups is 1. The number of rotatable bonds is 4. The van der Waals surface area contributed by atoms with Crippen LogP contribution in [0.25, 0.3) is 38.6 Å². The van der Waals surface area contributed by atoms with Gasteiger partial charge < -0.3 is 9.88 Å². The Morgan fingerprint density at radius 3 is 2.20 bits per heavy atom. The first-order chi connectivity index (χ1) is 17.2. The maximum atomic E-state index is 13.1. The highest BCUT2D eigenvalue weighted by atomic mass is 79.9. The van der Waals surface area contributed by atoms with Crippen LogP contribution in [0.4, 0.5) is 5.69 Å². The Hall–Kier alpha value is -4.15. The number of nitrogens with zero attached hydrogens (tertiary/aromatic N) is 1. The van der Waals surface area contributed by atoms with E-state index in [2.05, 4.69) is 98.6 Å². The summed E-state index contributed by atoms with van der Waals surface area (Å²) in [6.07, 6.45) is 0. The van der Waals surface area contributed by atoms with Crippen LogP contribution in [0.15, 0.2) is 126 Å². The molecule has 1 aromatic heterocycles. The molecule has 0 aliphatic rings. The van der Waals surface area contributed by atoms with Gasteiger partial charge in [-0.25, -0.2) is 0 Å². The highest BCUT2D eigenvalue weighted by molar-refractivity contribution is 9.10. The molecule has 1 heterocycles. The number of benzene rings is 5. The molecule has 1 amide bonds. The molecule has 6 rings (SSSR count). The molecule has 0 unspecified atom stereocenters. The predicted octanol–water partition coefficient (Wildman–Crippen LogP) is 8.47. The van der Waals surface area contributed by atoms with Crippen molar-refractivity contribution < 1.29 is 4.79 Å². The molecule has 0 saturated heterocycles. The second-order valence-electron chi connectivity index (χ2n) is 8.40. The minimum atomic E-state index is -0.141. The average Bonchev–Trinajstić information content (AvgIpc) is 3.24. The lowest BCUT2D eigenvalue weighted by molar-refractivity contribution is 0.102. The summed E-state index contributed by atoms with van der Waals surface area (Å²) >= 11 is 3.46. The largest absolute Gasteiger partial charge is 0.321 e. The SMILES string of the molecule is O=C(Nc1ccccc1-c1cccc2c1c1ccccc1n2-c1ccccc1)c1cccc(Br)c1. The summed E-state index contributed by atoms with van der Waals surface area (Å²) in [4.78, 5) is 13.1. The van der Waals surface area contributed by atoms with E-state index in [9.17, 15) is 4.79 Å². The van der Waals surface area contributed by atoms with Gasteiger partial charge in [0.05, 0.1) is 11.0 Å². The molecule has 4 heteroatoms. The number of carbonyl (C=O) groups excluding carboxylic acids is 1. The van der Waals surface area contributed by atoms with E-state index in [1.165, 1.54) is 5.39 Å². The number of hydrogen-bond donors (Lipinski definition) is 1. The van der Waals surface area contributed by atoms with Gasteiger partial charge in [-0.3, -0.25) is 4.79 Å². The van der Waals surface area contributed by atoms with Gasteiger partial charge in [0.25, 0.3) is 5.91 Å². The number of hydrogen-bond acceptors (Lipinski definition) is 1. The molecule has 1 N–H and O–H groups in total. The van der Waals surface area contributed by atoms with Crippen molar-refractivity contribution in [3.05, 3.63) is 131 Å². The lowest BCUT2D eigenvalue weighted by Crippen LogP contribution is -2.12. The number of amides is 1. The van der Waals surface area contributed by atoms with Crippen LogP contribution in [0.3, 0.4) is 0 Å². The maximum absolute atomic E-state index is 13.1. The molecule has 0 radical (unpaired) electrons. The molecule has 0 aliphatic carbocycles. The number of nitrogens with one attached hydrogen (secondary N) is 1. The summed E-state index contributed by atoms with van der Waals surface area (Å²) in [5.74, 6) is -0.141. The topological polar surface area (TPSA) is 34.0 Å². The Labute approximate surface area is 211 Å². The summed E-state index contributed by atoms with van der Waals surface area (Å²) in [5, 5.41) is 5.48. The summed E-state index contributed by atoms with van der Waals surface area (Å²) < 4.78 is 3.17. The Kier molecular flexibility index (Phi) is 5.44. The molecule has 5 aromatic carbocycles. The lowest BCUT2D eigenvalue weighted by atomic mass is 9.98. The van der Waals surface area contributed by atoms with Gasteiger partial charge in [0.1, 0.15) is 0 Å². The third kappa shape index (κ3) is 3.82. The van der Waals surface area contributed by atoms with Crippen LogP contribution < -0.4 is 5.32 Å². The fraction of sp³-hybridized carbons (Fsp3) is 0. The summed E-state index contributed by atoms with van der Waals surface area (Å²) in [6, 6.07) is 40.7. The normalized spacial score (nSPS) is 11.1. The molecule has 0 saturated carbocycles. The predicted molar refractivity (Wildman–Crippen MR) is 148 cm³/mol. The Balaban J connectivity index is 1.56. The van der Waals surface area contributed by atoms with Crippen LogP contribution in [-0.2, 0) is 0 Å². The van der Waals surface area contributed by atoms with Crippen LogP contribution in [-0.4, -0.2) is 10.5 Å². The standard InChI is InChI=1S/C31H21BrN2O/c32-22-11-8-10-21(20-22)31(35)33-27-17-6-4-14-24(27)25-16-9-19-29-30(25)26-15-5-7-18-28(26)34(29)23-12-2-1-3-13-23/h1-20H,(H,33,35). The van der Waals surface area contributed by atoms with Crippen molar-refractivity contribution >= 4 is 49.3 Å². The van der Waals surface area contributed by atoms with Crippen molar-refractivity contribution in [3.8, 4) is 16.8 Å². The monoisotopic (exact) mass is 516 g/mol. The summed E-state index contributed by atoms with van der Waals surface area (Å²) in [6.45, 7) is 0. The van der Waals surface area contributed by atoms with Gasteiger partial charge in [-0.15, -0.1) is 0 Å². The quantitative estimate of drug-likeness (QED) is 0.250. The van der Waals surface area contributed by atoms with E-state index >= 15 is 0 Å². The van der Waals surface area contributed by atoms with Crippen LogP contribution in [0.5, 0.6) is 0 Å². The molecular weight excluding hydrogens is 496 g/mol. The molecule has 35 heavy (non-hydrogen) atoms. The van der Waals surface area contributed by atoms with Crippen molar-refractivity contribution in [2.75, 3.05) is 5.32 Å². The third-order valence-corrected chi connectivity index (χ3v) is 6.76. The number of halogens is 1. The number of anilines is 1. The molecule has 0 atom stereocenters. The molecule has 6 aromatic rings. The fourth-order valence-corrected chi connectivity index (χ4v) is 5.15. The van der Waals surface area contributed by atoms with Crippen LogP contribution in [0, 0.1) is 0 Å². The fourth-order valence-electron chi connectivity index (χ4n) is 4.75. The first kappa shape index (κ1) is 21.4. The van der Waals surface area contributed by atoms with Crippen LogP contribution in [0.1, 0.15) is 10.4 Å². The second-order valence-corrected chi connectivity index (χ2v) is 9.31. The zero-order chi connectivity index (χ0) is 23.8.